The van der Waals surface area contributed by atoms with Gasteiger partial charge in [-0.05, 0) is 83.0 Å². The highest BCUT2D eigenvalue weighted by molar-refractivity contribution is 6.16. The van der Waals surface area contributed by atoms with Gasteiger partial charge in [-0.25, -0.2) is 13.6 Å². The minimum Gasteiger partial charge on any atom is -0.454 e. The van der Waals surface area contributed by atoms with Crippen molar-refractivity contribution >= 4 is 35.2 Å². The minimum atomic E-state index is -1.31. The molecular weight excluding hydrogens is 576 g/mol. The lowest BCUT2D eigenvalue weighted by Crippen LogP contribution is -2.43. The largest absolute Gasteiger partial charge is 0.454 e. The van der Waals surface area contributed by atoms with Crippen molar-refractivity contribution in [3.8, 4) is 11.5 Å². The summed E-state index contributed by atoms with van der Waals surface area (Å²) in [4.78, 5) is 54.2. The van der Waals surface area contributed by atoms with Gasteiger partial charge in [-0.1, -0.05) is 0 Å². The van der Waals surface area contributed by atoms with Crippen LogP contribution in [0.1, 0.15) is 51.0 Å². The van der Waals surface area contributed by atoms with Crippen molar-refractivity contribution in [3.05, 3.63) is 78.1 Å². The van der Waals surface area contributed by atoms with Gasteiger partial charge in [0.05, 0.1) is 0 Å². The molecule has 2 aromatic carbocycles. The number of amides is 4. The van der Waals surface area contributed by atoms with Gasteiger partial charge in [0.15, 0.2) is 11.6 Å². The van der Waals surface area contributed by atoms with Gasteiger partial charge in [0.2, 0.25) is 11.8 Å². The topological polar surface area (TPSA) is 148 Å². The number of carbonyl (C=O) groups is 4. The number of halogens is 2. The third-order valence-electron chi connectivity index (χ3n) is 6.43. The monoisotopic (exact) mass is 609 g/mol. The van der Waals surface area contributed by atoms with E-state index in [9.17, 15) is 28.0 Å². The number of aromatic nitrogens is 1. The van der Waals surface area contributed by atoms with Crippen LogP contribution in [0.5, 0.6) is 11.5 Å². The van der Waals surface area contributed by atoms with Gasteiger partial charge < -0.3 is 30.7 Å². The van der Waals surface area contributed by atoms with Crippen molar-refractivity contribution in [3.63, 3.8) is 0 Å². The van der Waals surface area contributed by atoms with Crippen LogP contribution in [0.2, 0.25) is 0 Å². The Bertz CT molecular complexity index is 1550. The summed E-state index contributed by atoms with van der Waals surface area (Å²) in [6.45, 7) is 7.02. The first kappa shape index (κ1) is 31.9. The second-order valence-corrected chi connectivity index (χ2v) is 11.4. The SMILES string of the molecule is CC(CNC(=O)OC(C)(C)C)NC(=O)c1cc(Oc2ccc(NC(=O)C3(C(=O)Nc4ccc(F)cc4)CC3)cc2F)ccn1. The van der Waals surface area contributed by atoms with E-state index in [4.69, 9.17) is 9.47 Å². The summed E-state index contributed by atoms with van der Waals surface area (Å²) in [6, 6.07) is 11.2. The predicted octanol–water partition coefficient (Wildman–Crippen LogP) is 5.15. The number of rotatable bonds is 10. The average molecular weight is 610 g/mol. The van der Waals surface area contributed by atoms with Crippen molar-refractivity contribution in [2.24, 2.45) is 5.41 Å². The van der Waals surface area contributed by atoms with Gasteiger partial charge in [-0.2, -0.15) is 0 Å². The van der Waals surface area contributed by atoms with Crippen LogP contribution in [0.25, 0.3) is 0 Å². The molecule has 0 bridgehead atoms. The van der Waals surface area contributed by atoms with E-state index < -0.39 is 52.5 Å². The number of nitrogens with one attached hydrogen (secondary N) is 4. The van der Waals surface area contributed by atoms with Crippen molar-refractivity contribution in [1.29, 1.82) is 0 Å². The summed E-state index contributed by atoms with van der Waals surface area (Å²) in [5.74, 6) is -2.96. The van der Waals surface area contributed by atoms with Crippen LogP contribution in [-0.2, 0) is 14.3 Å². The molecule has 4 amide bonds. The number of anilines is 2. The minimum absolute atomic E-state index is 0.00422. The molecular formula is C31H33F2N5O6. The molecule has 44 heavy (non-hydrogen) atoms. The molecule has 4 rings (SSSR count). The Kier molecular flexibility index (Phi) is 9.46. The number of hydrogen-bond acceptors (Lipinski definition) is 7. The molecule has 1 unspecified atom stereocenters. The third kappa shape index (κ3) is 8.49. The van der Waals surface area contributed by atoms with Crippen LogP contribution in [0.15, 0.2) is 60.8 Å². The van der Waals surface area contributed by atoms with Crippen LogP contribution in [-0.4, -0.2) is 47.0 Å². The highest BCUT2D eigenvalue weighted by Gasteiger charge is 2.56. The molecule has 3 aromatic rings. The third-order valence-corrected chi connectivity index (χ3v) is 6.43. The molecule has 1 atom stereocenters. The van der Waals surface area contributed by atoms with Crippen LogP contribution in [0.3, 0.4) is 0 Å². The maximum atomic E-state index is 14.9. The molecule has 1 fully saturated rings. The summed E-state index contributed by atoms with van der Waals surface area (Å²) in [6.07, 6.45) is 1.34. The fraction of sp³-hybridized carbons (Fsp3) is 0.323. The molecule has 232 valence electrons. The van der Waals surface area contributed by atoms with Gasteiger partial charge in [0.25, 0.3) is 5.91 Å². The van der Waals surface area contributed by atoms with E-state index in [1.54, 1.807) is 27.7 Å². The molecule has 1 aromatic heterocycles. The second-order valence-electron chi connectivity index (χ2n) is 11.4. The maximum Gasteiger partial charge on any atom is 0.407 e. The number of carbonyl (C=O) groups excluding carboxylic acids is 4. The number of hydrogen-bond donors (Lipinski definition) is 4. The Labute approximate surface area is 252 Å². The van der Waals surface area contributed by atoms with Crippen molar-refractivity contribution in [2.75, 3.05) is 17.2 Å². The first-order valence-electron chi connectivity index (χ1n) is 13.8. The van der Waals surface area contributed by atoms with Crippen LogP contribution in [0, 0.1) is 17.0 Å². The Balaban J connectivity index is 1.32. The lowest BCUT2D eigenvalue weighted by molar-refractivity contribution is -0.131. The summed E-state index contributed by atoms with van der Waals surface area (Å²) >= 11 is 0. The van der Waals surface area contributed by atoms with E-state index >= 15 is 0 Å². The first-order chi connectivity index (χ1) is 20.7. The Morgan fingerprint density at radius 1 is 0.932 bits per heavy atom. The molecule has 0 saturated heterocycles. The van der Waals surface area contributed by atoms with Crippen LogP contribution in [0.4, 0.5) is 25.0 Å². The molecule has 0 aliphatic heterocycles. The van der Waals surface area contributed by atoms with Gasteiger partial charge >= 0.3 is 6.09 Å². The normalized spacial score (nSPS) is 14.0. The second kappa shape index (κ2) is 13.1. The highest BCUT2D eigenvalue weighted by Crippen LogP contribution is 2.47. The standard InChI is InChI=1S/C31H33F2N5O6/c1-18(17-35-29(42)44-30(2,3)4)36-26(39)24-16-22(11-14-34-24)43-25-10-9-21(15-23(25)33)38-28(41)31(12-13-31)27(40)37-20-7-5-19(32)6-8-20/h5-11,14-16,18H,12-13,17H2,1-4H3,(H,35,42)(H,36,39)(H,37,40)(H,38,41). The number of ether oxygens (including phenoxy) is 2. The van der Waals surface area contributed by atoms with E-state index in [1.165, 1.54) is 54.7 Å². The number of pyridine rings is 1. The highest BCUT2D eigenvalue weighted by atomic mass is 19.1. The van der Waals surface area contributed by atoms with E-state index in [1.807, 2.05) is 0 Å². The number of nitrogens with zero attached hydrogens (tertiary/aromatic N) is 1. The molecule has 0 radical (unpaired) electrons. The van der Waals surface area contributed by atoms with Crippen LogP contribution >= 0.6 is 0 Å². The Morgan fingerprint density at radius 2 is 1.57 bits per heavy atom. The van der Waals surface area contributed by atoms with Crippen molar-refractivity contribution < 1.29 is 37.4 Å². The van der Waals surface area contributed by atoms with Crippen molar-refractivity contribution in [2.45, 2.75) is 52.2 Å². The van der Waals surface area contributed by atoms with Crippen LogP contribution < -0.4 is 26.0 Å². The molecule has 1 heterocycles. The Hall–Kier alpha value is -5.07. The molecule has 1 aliphatic carbocycles. The molecule has 1 aliphatic rings. The van der Waals surface area contributed by atoms with Gasteiger partial charge in [-0.15, -0.1) is 0 Å². The van der Waals surface area contributed by atoms with Gasteiger partial charge in [-0.3, -0.25) is 19.4 Å². The first-order valence-corrected chi connectivity index (χ1v) is 13.8. The summed E-state index contributed by atoms with van der Waals surface area (Å²) < 4.78 is 38.9. The summed E-state index contributed by atoms with van der Waals surface area (Å²) in [5, 5.41) is 10.5. The molecule has 1 saturated carbocycles. The zero-order valence-corrected chi connectivity index (χ0v) is 24.6. The van der Waals surface area contributed by atoms with Gasteiger partial charge in [0, 0.05) is 42.3 Å². The zero-order valence-electron chi connectivity index (χ0n) is 24.6. The fourth-order valence-electron chi connectivity index (χ4n) is 4.00. The van der Waals surface area contributed by atoms with E-state index in [2.05, 4.69) is 26.3 Å². The molecule has 0 spiro atoms. The van der Waals surface area contributed by atoms with E-state index in [0.29, 0.717) is 18.5 Å². The maximum absolute atomic E-state index is 14.9. The van der Waals surface area contributed by atoms with Gasteiger partial charge in [0.1, 0.15) is 28.3 Å². The lowest BCUT2D eigenvalue weighted by atomic mass is 10.0. The number of alkyl carbamates (subject to hydrolysis) is 1. The lowest BCUT2D eigenvalue weighted by Gasteiger charge is -2.21. The molecule has 11 nitrogen and oxygen atoms in total. The summed E-state index contributed by atoms with van der Waals surface area (Å²) in [7, 11) is 0. The molecule has 4 N–H and O–H groups in total. The smallest absolute Gasteiger partial charge is 0.407 e. The van der Waals surface area contributed by atoms with E-state index in [-0.39, 0.29) is 29.4 Å². The molecule has 13 heteroatoms. The predicted molar refractivity (Wildman–Crippen MR) is 157 cm³/mol. The quantitative estimate of drug-likeness (QED) is 0.232. The zero-order chi connectivity index (χ0) is 32.1. The Morgan fingerprint density at radius 3 is 2.18 bits per heavy atom. The average Bonchev–Trinajstić information content (AvgIpc) is 3.76. The summed E-state index contributed by atoms with van der Waals surface area (Å²) in [5.41, 5.74) is -1.49. The number of benzene rings is 2. The van der Waals surface area contributed by atoms with E-state index in [0.717, 1.165) is 6.07 Å². The fourth-order valence-corrected chi connectivity index (χ4v) is 4.00. The van der Waals surface area contributed by atoms with Crippen molar-refractivity contribution in [1.82, 2.24) is 15.6 Å².